The quantitative estimate of drug-likeness (QED) is 0.836. The third-order valence-corrected chi connectivity index (χ3v) is 4.27. The Morgan fingerprint density at radius 1 is 1.09 bits per heavy atom. The van der Waals surface area contributed by atoms with E-state index in [9.17, 15) is 4.79 Å². The minimum atomic E-state index is -0.384. The number of carbonyl (C=O) groups is 1. The van der Waals surface area contributed by atoms with Crippen LogP contribution in [0.3, 0.4) is 0 Å². The molecule has 0 radical (unpaired) electrons. The standard InChI is InChI=1S/C17H25N3O3/c21-17(19-23-16-6-2-5-13-22-16)18-14-7-9-15(10-8-14)20-11-3-1-4-12-20/h7-10,16H,1-6,11-13H2,(H2,18,19,21). The molecule has 2 N–H and O–H groups in total. The molecule has 126 valence electrons. The lowest BCUT2D eigenvalue weighted by Gasteiger charge is -2.28. The normalized spacial score (nSPS) is 21.7. The topological polar surface area (TPSA) is 62.8 Å². The van der Waals surface area contributed by atoms with Gasteiger partial charge in [-0.2, -0.15) is 0 Å². The Balaban J connectivity index is 1.44. The van der Waals surface area contributed by atoms with Crippen LogP contribution in [0, 0.1) is 0 Å². The Hall–Kier alpha value is -1.79. The third-order valence-electron chi connectivity index (χ3n) is 4.27. The molecule has 23 heavy (non-hydrogen) atoms. The smallest absolute Gasteiger partial charge is 0.343 e. The van der Waals surface area contributed by atoms with Crippen molar-refractivity contribution in [2.75, 3.05) is 29.9 Å². The van der Waals surface area contributed by atoms with E-state index in [4.69, 9.17) is 9.57 Å². The Bertz CT molecular complexity index is 494. The highest BCUT2D eigenvalue weighted by Crippen LogP contribution is 2.21. The summed E-state index contributed by atoms with van der Waals surface area (Å²) in [5, 5.41) is 2.76. The molecule has 0 spiro atoms. The molecule has 0 aromatic heterocycles. The van der Waals surface area contributed by atoms with Crippen molar-refractivity contribution < 1.29 is 14.4 Å². The second-order valence-electron chi connectivity index (χ2n) is 6.06. The van der Waals surface area contributed by atoms with Gasteiger partial charge in [0.2, 0.25) is 0 Å². The SMILES string of the molecule is O=C(NOC1CCCCO1)Nc1ccc(N2CCCCC2)cc1. The van der Waals surface area contributed by atoms with Crippen LogP contribution < -0.4 is 15.7 Å². The van der Waals surface area contributed by atoms with E-state index in [0.717, 1.165) is 38.0 Å². The van der Waals surface area contributed by atoms with Crippen molar-refractivity contribution in [2.45, 2.75) is 44.8 Å². The molecular formula is C17H25N3O3. The number of urea groups is 1. The fourth-order valence-corrected chi connectivity index (χ4v) is 2.99. The zero-order valence-electron chi connectivity index (χ0n) is 13.4. The van der Waals surface area contributed by atoms with Crippen LogP contribution in [0.4, 0.5) is 16.2 Å². The fourth-order valence-electron chi connectivity index (χ4n) is 2.99. The predicted octanol–water partition coefficient (Wildman–Crippen LogP) is 3.26. The van der Waals surface area contributed by atoms with Gasteiger partial charge in [-0.1, -0.05) is 0 Å². The summed E-state index contributed by atoms with van der Waals surface area (Å²) in [6.07, 6.45) is 6.41. The van der Waals surface area contributed by atoms with Gasteiger partial charge in [-0.3, -0.25) is 0 Å². The molecule has 3 rings (SSSR count). The maximum atomic E-state index is 11.8. The van der Waals surface area contributed by atoms with Gasteiger partial charge < -0.3 is 15.0 Å². The number of amides is 2. The van der Waals surface area contributed by atoms with E-state index in [1.807, 2.05) is 24.3 Å². The van der Waals surface area contributed by atoms with Crippen LogP contribution in [-0.2, 0) is 9.57 Å². The van der Waals surface area contributed by atoms with Gasteiger partial charge in [0.05, 0.1) is 0 Å². The number of ether oxygens (including phenoxy) is 1. The molecule has 6 heteroatoms. The van der Waals surface area contributed by atoms with Gasteiger partial charge >= 0.3 is 6.03 Å². The summed E-state index contributed by atoms with van der Waals surface area (Å²) in [6, 6.07) is 7.55. The van der Waals surface area contributed by atoms with Crippen molar-refractivity contribution in [3.63, 3.8) is 0 Å². The van der Waals surface area contributed by atoms with E-state index in [0.29, 0.717) is 6.61 Å². The molecule has 6 nitrogen and oxygen atoms in total. The first-order valence-corrected chi connectivity index (χ1v) is 8.50. The molecule has 2 heterocycles. The summed E-state index contributed by atoms with van der Waals surface area (Å²) in [7, 11) is 0. The Labute approximate surface area is 137 Å². The summed E-state index contributed by atoms with van der Waals surface area (Å²) in [6.45, 7) is 2.91. The van der Waals surface area contributed by atoms with E-state index in [-0.39, 0.29) is 12.3 Å². The van der Waals surface area contributed by atoms with E-state index < -0.39 is 0 Å². The van der Waals surface area contributed by atoms with Crippen molar-refractivity contribution in [1.82, 2.24) is 5.48 Å². The molecule has 0 bridgehead atoms. The highest BCUT2D eigenvalue weighted by atomic mass is 16.8. The average Bonchev–Trinajstić information content (AvgIpc) is 2.62. The minimum Gasteiger partial charge on any atom is -0.372 e. The van der Waals surface area contributed by atoms with Gasteiger partial charge in [-0.25, -0.2) is 15.1 Å². The largest absolute Gasteiger partial charge is 0.372 e. The van der Waals surface area contributed by atoms with E-state index >= 15 is 0 Å². The molecule has 1 unspecified atom stereocenters. The van der Waals surface area contributed by atoms with Gasteiger partial charge in [-0.05, 0) is 56.4 Å². The summed E-state index contributed by atoms with van der Waals surface area (Å²) in [4.78, 5) is 19.5. The lowest BCUT2D eigenvalue weighted by Crippen LogP contribution is -2.35. The van der Waals surface area contributed by atoms with E-state index in [2.05, 4.69) is 15.7 Å². The zero-order chi connectivity index (χ0) is 15.9. The van der Waals surface area contributed by atoms with Crippen molar-refractivity contribution in [1.29, 1.82) is 0 Å². The fraction of sp³-hybridized carbons (Fsp3) is 0.588. The number of nitrogens with one attached hydrogen (secondary N) is 2. The van der Waals surface area contributed by atoms with Gasteiger partial charge in [0, 0.05) is 37.5 Å². The van der Waals surface area contributed by atoms with Gasteiger partial charge in [0.1, 0.15) is 0 Å². The van der Waals surface area contributed by atoms with Crippen LogP contribution in [0.15, 0.2) is 24.3 Å². The number of piperidine rings is 1. The van der Waals surface area contributed by atoms with Gasteiger partial charge in [0.25, 0.3) is 0 Å². The molecule has 0 saturated carbocycles. The minimum absolute atomic E-state index is 0.337. The van der Waals surface area contributed by atoms with Crippen LogP contribution in [0.2, 0.25) is 0 Å². The molecule has 2 aliphatic rings. The van der Waals surface area contributed by atoms with Crippen LogP contribution >= 0.6 is 0 Å². The highest BCUT2D eigenvalue weighted by molar-refractivity contribution is 5.88. The molecule has 2 saturated heterocycles. The number of nitrogens with zero attached hydrogens (tertiary/aromatic N) is 1. The summed E-state index contributed by atoms with van der Waals surface area (Å²) < 4.78 is 5.39. The number of anilines is 2. The maximum Gasteiger partial charge on any atom is 0.343 e. The predicted molar refractivity (Wildman–Crippen MR) is 89.3 cm³/mol. The first kappa shape index (κ1) is 16.1. The number of benzene rings is 1. The molecular weight excluding hydrogens is 294 g/mol. The lowest BCUT2D eigenvalue weighted by atomic mass is 10.1. The number of rotatable bonds is 4. The van der Waals surface area contributed by atoms with Crippen LogP contribution in [0.5, 0.6) is 0 Å². The van der Waals surface area contributed by atoms with Crippen molar-refractivity contribution in [3.8, 4) is 0 Å². The first-order chi connectivity index (χ1) is 11.3. The van der Waals surface area contributed by atoms with Crippen LogP contribution in [0.25, 0.3) is 0 Å². The summed E-state index contributed by atoms with van der Waals surface area (Å²) in [5.41, 5.74) is 4.35. The number of hydroxylamine groups is 1. The summed E-state index contributed by atoms with van der Waals surface area (Å²) in [5.74, 6) is 0. The third kappa shape index (κ3) is 4.84. The van der Waals surface area contributed by atoms with Gasteiger partial charge in [0.15, 0.2) is 6.29 Å². The molecule has 0 aliphatic carbocycles. The Kier molecular flexibility index (Phi) is 5.71. The molecule has 2 aliphatic heterocycles. The number of hydrogen-bond donors (Lipinski definition) is 2. The lowest BCUT2D eigenvalue weighted by molar-refractivity contribution is -0.185. The van der Waals surface area contributed by atoms with E-state index in [1.165, 1.54) is 24.9 Å². The summed E-state index contributed by atoms with van der Waals surface area (Å²) >= 11 is 0. The zero-order valence-corrected chi connectivity index (χ0v) is 13.4. The van der Waals surface area contributed by atoms with Crippen molar-refractivity contribution in [3.05, 3.63) is 24.3 Å². The number of hydrogen-bond acceptors (Lipinski definition) is 4. The second-order valence-corrected chi connectivity index (χ2v) is 6.06. The van der Waals surface area contributed by atoms with Gasteiger partial charge in [-0.15, -0.1) is 0 Å². The molecule has 2 fully saturated rings. The highest BCUT2D eigenvalue weighted by Gasteiger charge is 2.16. The van der Waals surface area contributed by atoms with Crippen LogP contribution in [-0.4, -0.2) is 32.0 Å². The first-order valence-electron chi connectivity index (χ1n) is 8.50. The van der Waals surface area contributed by atoms with Crippen molar-refractivity contribution >= 4 is 17.4 Å². The molecule has 2 amide bonds. The average molecular weight is 319 g/mol. The maximum absolute atomic E-state index is 11.8. The monoisotopic (exact) mass is 319 g/mol. The molecule has 1 aromatic rings. The van der Waals surface area contributed by atoms with Crippen molar-refractivity contribution in [2.24, 2.45) is 0 Å². The molecule has 1 aromatic carbocycles. The van der Waals surface area contributed by atoms with Crippen LogP contribution in [0.1, 0.15) is 38.5 Å². The Morgan fingerprint density at radius 3 is 2.57 bits per heavy atom. The molecule has 1 atom stereocenters. The Morgan fingerprint density at radius 2 is 1.87 bits per heavy atom. The second kappa shape index (κ2) is 8.17. The van der Waals surface area contributed by atoms with E-state index in [1.54, 1.807) is 0 Å². The number of carbonyl (C=O) groups excluding carboxylic acids is 1.